The van der Waals surface area contributed by atoms with E-state index in [0.29, 0.717) is 10.8 Å². The second-order valence-corrected chi connectivity index (χ2v) is 4.13. The number of phenols is 1. The van der Waals surface area contributed by atoms with Gasteiger partial charge in [-0.1, -0.05) is 11.6 Å². The van der Waals surface area contributed by atoms with Crippen molar-refractivity contribution in [2.75, 3.05) is 7.11 Å². The molecule has 3 N–H and O–H groups in total. The van der Waals surface area contributed by atoms with Gasteiger partial charge in [0.1, 0.15) is 0 Å². The maximum absolute atomic E-state index is 9.43. The molecule has 3 nitrogen and oxygen atoms in total. The van der Waals surface area contributed by atoms with Gasteiger partial charge in [-0.15, -0.1) is 0 Å². The monoisotopic (exact) mass is 215 g/mol. The average molecular weight is 216 g/mol. The van der Waals surface area contributed by atoms with Crippen LogP contribution in [0.25, 0.3) is 0 Å². The van der Waals surface area contributed by atoms with Crippen LogP contribution in [0.4, 0.5) is 0 Å². The lowest BCUT2D eigenvalue weighted by molar-refractivity contribution is 0.371. The predicted octanol–water partition coefficient (Wildman–Crippen LogP) is 2.25. The lowest BCUT2D eigenvalue weighted by Crippen LogP contribution is -2.29. The van der Waals surface area contributed by atoms with Crippen molar-refractivity contribution in [3.8, 4) is 11.5 Å². The van der Waals surface area contributed by atoms with E-state index in [1.807, 2.05) is 13.8 Å². The zero-order chi connectivity index (χ0) is 10.9. The van der Waals surface area contributed by atoms with E-state index in [1.54, 1.807) is 6.07 Å². The SMILES string of the molecule is COc1cc(C(C)(C)N)c(Cl)cc1O. The van der Waals surface area contributed by atoms with Crippen LogP contribution in [-0.2, 0) is 5.54 Å². The number of hydrogen-bond donors (Lipinski definition) is 2. The maximum Gasteiger partial charge on any atom is 0.160 e. The van der Waals surface area contributed by atoms with Crippen molar-refractivity contribution in [3.63, 3.8) is 0 Å². The van der Waals surface area contributed by atoms with Gasteiger partial charge in [-0.05, 0) is 25.5 Å². The number of rotatable bonds is 2. The number of methoxy groups -OCH3 is 1. The van der Waals surface area contributed by atoms with Crippen molar-refractivity contribution in [2.24, 2.45) is 5.73 Å². The summed E-state index contributed by atoms with van der Waals surface area (Å²) in [5.41, 5.74) is 6.10. The smallest absolute Gasteiger partial charge is 0.160 e. The van der Waals surface area contributed by atoms with E-state index in [-0.39, 0.29) is 5.75 Å². The molecule has 0 unspecified atom stereocenters. The number of benzene rings is 1. The summed E-state index contributed by atoms with van der Waals surface area (Å²) in [6.45, 7) is 3.68. The second-order valence-electron chi connectivity index (χ2n) is 3.73. The molecule has 0 saturated heterocycles. The normalized spacial score (nSPS) is 11.5. The highest BCUT2D eigenvalue weighted by molar-refractivity contribution is 6.31. The number of ether oxygens (including phenoxy) is 1. The van der Waals surface area contributed by atoms with Gasteiger partial charge in [0, 0.05) is 16.6 Å². The Morgan fingerprint density at radius 2 is 2.00 bits per heavy atom. The molecule has 0 radical (unpaired) electrons. The van der Waals surface area contributed by atoms with Gasteiger partial charge < -0.3 is 15.6 Å². The highest BCUT2D eigenvalue weighted by atomic mass is 35.5. The molecule has 0 aliphatic heterocycles. The van der Waals surface area contributed by atoms with E-state index in [4.69, 9.17) is 22.1 Å². The van der Waals surface area contributed by atoms with Crippen LogP contribution in [0, 0.1) is 0 Å². The van der Waals surface area contributed by atoms with E-state index in [2.05, 4.69) is 0 Å². The number of phenolic OH excluding ortho intramolecular Hbond substituents is 1. The zero-order valence-corrected chi connectivity index (χ0v) is 9.22. The average Bonchev–Trinajstić information content (AvgIpc) is 2.02. The van der Waals surface area contributed by atoms with E-state index >= 15 is 0 Å². The summed E-state index contributed by atoms with van der Waals surface area (Å²) >= 11 is 5.95. The fourth-order valence-corrected chi connectivity index (χ4v) is 1.60. The number of nitrogens with two attached hydrogens (primary N) is 1. The van der Waals surface area contributed by atoms with Crippen LogP contribution < -0.4 is 10.5 Å². The van der Waals surface area contributed by atoms with Crippen molar-refractivity contribution in [3.05, 3.63) is 22.7 Å². The number of halogens is 1. The molecule has 0 atom stereocenters. The Hall–Kier alpha value is -0.930. The molecular weight excluding hydrogens is 202 g/mol. The topological polar surface area (TPSA) is 55.5 Å². The first-order chi connectivity index (χ1) is 6.36. The van der Waals surface area contributed by atoms with Gasteiger partial charge in [0.05, 0.1) is 7.11 Å². The van der Waals surface area contributed by atoms with Gasteiger partial charge in [0.15, 0.2) is 11.5 Å². The van der Waals surface area contributed by atoms with E-state index in [9.17, 15) is 5.11 Å². The van der Waals surface area contributed by atoms with Crippen LogP contribution in [0.1, 0.15) is 19.4 Å². The van der Waals surface area contributed by atoms with Crippen molar-refractivity contribution in [1.82, 2.24) is 0 Å². The van der Waals surface area contributed by atoms with Crippen molar-refractivity contribution >= 4 is 11.6 Å². The minimum Gasteiger partial charge on any atom is -0.504 e. The first-order valence-corrected chi connectivity index (χ1v) is 4.60. The first-order valence-electron chi connectivity index (χ1n) is 4.22. The third-order valence-corrected chi connectivity index (χ3v) is 2.28. The Kier molecular flexibility index (Phi) is 2.92. The molecule has 1 aromatic carbocycles. The van der Waals surface area contributed by atoms with Crippen LogP contribution >= 0.6 is 11.6 Å². The fourth-order valence-electron chi connectivity index (χ4n) is 1.20. The maximum atomic E-state index is 9.43. The molecule has 0 amide bonds. The molecule has 0 aromatic heterocycles. The second kappa shape index (κ2) is 3.67. The molecule has 0 aliphatic carbocycles. The van der Waals surface area contributed by atoms with Gasteiger partial charge in [-0.2, -0.15) is 0 Å². The summed E-state index contributed by atoms with van der Waals surface area (Å²) < 4.78 is 4.97. The van der Waals surface area contributed by atoms with Gasteiger partial charge in [-0.3, -0.25) is 0 Å². The highest BCUT2D eigenvalue weighted by Gasteiger charge is 2.20. The zero-order valence-electron chi connectivity index (χ0n) is 8.47. The Bertz CT molecular complexity index is 345. The summed E-state index contributed by atoms with van der Waals surface area (Å²) in [6.07, 6.45) is 0. The van der Waals surface area contributed by atoms with Crippen molar-refractivity contribution in [2.45, 2.75) is 19.4 Å². The summed E-state index contributed by atoms with van der Waals surface area (Å²) in [5, 5.41) is 9.87. The van der Waals surface area contributed by atoms with Crippen LogP contribution in [0.15, 0.2) is 12.1 Å². The lowest BCUT2D eigenvalue weighted by Gasteiger charge is -2.21. The molecule has 0 aliphatic rings. The fraction of sp³-hybridized carbons (Fsp3) is 0.400. The predicted molar refractivity (Wildman–Crippen MR) is 56.9 cm³/mol. The van der Waals surface area contributed by atoms with Crippen LogP contribution in [-0.4, -0.2) is 12.2 Å². The summed E-state index contributed by atoms with van der Waals surface area (Å²) in [4.78, 5) is 0. The molecular formula is C10H14ClNO2. The minimum absolute atomic E-state index is 0.0190. The molecule has 0 heterocycles. The first kappa shape index (κ1) is 11.1. The molecule has 1 aromatic rings. The molecule has 14 heavy (non-hydrogen) atoms. The lowest BCUT2D eigenvalue weighted by atomic mass is 9.95. The molecule has 0 fully saturated rings. The Morgan fingerprint density at radius 3 is 2.43 bits per heavy atom. The van der Waals surface area contributed by atoms with Crippen LogP contribution in [0.2, 0.25) is 5.02 Å². The quantitative estimate of drug-likeness (QED) is 0.796. The standard InChI is InChI=1S/C10H14ClNO2/c1-10(2,12)6-4-9(14-3)8(13)5-7(6)11/h4-5,13H,12H2,1-3H3. The molecule has 1 rings (SSSR count). The van der Waals surface area contributed by atoms with Gasteiger partial charge in [0.25, 0.3) is 0 Å². The van der Waals surface area contributed by atoms with Gasteiger partial charge >= 0.3 is 0 Å². The molecule has 78 valence electrons. The Balaban J connectivity index is 3.32. The van der Waals surface area contributed by atoms with E-state index in [0.717, 1.165) is 5.56 Å². The van der Waals surface area contributed by atoms with Crippen molar-refractivity contribution in [1.29, 1.82) is 0 Å². The van der Waals surface area contributed by atoms with Crippen LogP contribution in [0.3, 0.4) is 0 Å². The summed E-state index contributed by atoms with van der Waals surface area (Å²) in [5.74, 6) is 0.397. The Morgan fingerprint density at radius 1 is 1.43 bits per heavy atom. The highest BCUT2D eigenvalue weighted by Crippen LogP contribution is 2.36. The molecule has 0 saturated carbocycles. The molecule has 0 bridgehead atoms. The van der Waals surface area contributed by atoms with E-state index in [1.165, 1.54) is 13.2 Å². The van der Waals surface area contributed by atoms with Crippen LogP contribution in [0.5, 0.6) is 11.5 Å². The summed E-state index contributed by atoms with van der Waals surface area (Å²) in [7, 11) is 1.48. The summed E-state index contributed by atoms with van der Waals surface area (Å²) in [6, 6.07) is 3.09. The van der Waals surface area contributed by atoms with Gasteiger partial charge in [-0.25, -0.2) is 0 Å². The third kappa shape index (κ3) is 2.11. The number of hydrogen-bond acceptors (Lipinski definition) is 3. The largest absolute Gasteiger partial charge is 0.504 e. The molecule has 0 spiro atoms. The number of aromatic hydroxyl groups is 1. The Labute approximate surface area is 88.4 Å². The van der Waals surface area contributed by atoms with Crippen molar-refractivity contribution < 1.29 is 9.84 Å². The minimum atomic E-state index is -0.557. The van der Waals surface area contributed by atoms with E-state index < -0.39 is 5.54 Å². The van der Waals surface area contributed by atoms with Gasteiger partial charge in [0.2, 0.25) is 0 Å². The molecule has 4 heteroatoms. The third-order valence-electron chi connectivity index (χ3n) is 1.96.